The van der Waals surface area contributed by atoms with Crippen LogP contribution >= 0.6 is 0 Å². The molecule has 4 nitrogen and oxygen atoms in total. The Morgan fingerprint density at radius 2 is 2.35 bits per heavy atom. The summed E-state index contributed by atoms with van der Waals surface area (Å²) in [5.41, 5.74) is 2.89. The maximum absolute atomic E-state index is 12.5. The number of hydrogen-bond donors (Lipinski definition) is 2. The summed E-state index contributed by atoms with van der Waals surface area (Å²) in [6, 6.07) is 5.93. The summed E-state index contributed by atoms with van der Waals surface area (Å²) in [4.78, 5) is 12.5. The fourth-order valence-electron chi connectivity index (χ4n) is 2.95. The van der Waals surface area contributed by atoms with E-state index in [-0.39, 0.29) is 17.6 Å². The minimum Gasteiger partial charge on any atom is -0.385 e. The van der Waals surface area contributed by atoms with Crippen LogP contribution in [0.4, 0.5) is 5.69 Å². The van der Waals surface area contributed by atoms with Crippen LogP contribution in [0.25, 0.3) is 0 Å². The van der Waals surface area contributed by atoms with E-state index in [1.54, 1.807) is 0 Å². The van der Waals surface area contributed by atoms with Gasteiger partial charge in [0.2, 0.25) is 0 Å². The third-order valence-electron chi connectivity index (χ3n) is 4.59. The van der Waals surface area contributed by atoms with Gasteiger partial charge in [-0.1, -0.05) is 0 Å². The van der Waals surface area contributed by atoms with Crippen LogP contribution in [0.15, 0.2) is 18.2 Å². The van der Waals surface area contributed by atoms with Crippen LogP contribution in [0.1, 0.15) is 42.6 Å². The Bertz CT molecular complexity index is 529. The van der Waals surface area contributed by atoms with Gasteiger partial charge >= 0.3 is 0 Å². The van der Waals surface area contributed by atoms with E-state index >= 15 is 0 Å². The molecule has 0 radical (unpaired) electrons. The van der Waals surface area contributed by atoms with Crippen molar-refractivity contribution in [2.75, 3.05) is 18.5 Å². The van der Waals surface area contributed by atoms with Gasteiger partial charge in [-0.2, -0.15) is 0 Å². The van der Waals surface area contributed by atoms with Crippen molar-refractivity contribution >= 4 is 11.6 Å². The van der Waals surface area contributed by atoms with E-state index in [0.717, 1.165) is 37.1 Å². The molecule has 4 heteroatoms. The summed E-state index contributed by atoms with van der Waals surface area (Å²) in [6.45, 7) is 5.81. The Morgan fingerprint density at radius 3 is 3.10 bits per heavy atom. The minimum atomic E-state index is -0.259. The van der Waals surface area contributed by atoms with Gasteiger partial charge in [0.25, 0.3) is 5.91 Å². The van der Waals surface area contributed by atoms with Crippen molar-refractivity contribution in [3.63, 3.8) is 0 Å². The molecule has 0 spiro atoms. The second kappa shape index (κ2) is 5.09. The summed E-state index contributed by atoms with van der Waals surface area (Å²) in [7, 11) is 0. The number of rotatable bonds is 2. The first-order valence-corrected chi connectivity index (χ1v) is 7.39. The largest absolute Gasteiger partial charge is 0.385 e. The third-order valence-corrected chi connectivity index (χ3v) is 4.59. The number of nitrogens with one attached hydrogen (secondary N) is 2. The highest BCUT2D eigenvalue weighted by molar-refractivity contribution is 5.95. The molecule has 3 rings (SSSR count). The molecule has 2 atom stereocenters. The number of carbonyl (C=O) groups excluding carboxylic acids is 1. The van der Waals surface area contributed by atoms with Crippen LogP contribution in [0.5, 0.6) is 0 Å². The van der Waals surface area contributed by atoms with Gasteiger partial charge in [-0.15, -0.1) is 0 Å². The Morgan fingerprint density at radius 1 is 1.50 bits per heavy atom. The summed E-state index contributed by atoms with van der Waals surface area (Å²) < 4.78 is 5.57. The van der Waals surface area contributed by atoms with Gasteiger partial charge in [-0.25, -0.2) is 0 Å². The summed E-state index contributed by atoms with van der Waals surface area (Å²) >= 11 is 0. The Hall–Kier alpha value is -1.55. The van der Waals surface area contributed by atoms with Crippen molar-refractivity contribution in [2.45, 2.75) is 44.8 Å². The van der Waals surface area contributed by atoms with Crippen LogP contribution in [-0.4, -0.2) is 30.7 Å². The average Bonchev–Trinajstić information content (AvgIpc) is 2.77. The molecule has 1 aromatic rings. The smallest absolute Gasteiger partial charge is 0.251 e. The van der Waals surface area contributed by atoms with E-state index < -0.39 is 0 Å². The number of hydrogen-bond acceptors (Lipinski definition) is 3. The predicted octanol–water partition coefficient (Wildman–Crippen LogP) is 2.34. The Balaban J connectivity index is 1.77. The maximum Gasteiger partial charge on any atom is 0.251 e. The lowest BCUT2D eigenvalue weighted by Gasteiger charge is -2.29. The Labute approximate surface area is 119 Å². The van der Waals surface area contributed by atoms with Crippen molar-refractivity contribution in [3.05, 3.63) is 29.3 Å². The molecule has 1 fully saturated rings. The van der Waals surface area contributed by atoms with Crippen molar-refractivity contribution in [1.82, 2.24) is 5.32 Å². The molecule has 0 aliphatic carbocycles. The number of anilines is 1. The topological polar surface area (TPSA) is 50.4 Å². The number of fused-ring (bicyclic) bond motifs is 1. The molecule has 2 N–H and O–H groups in total. The predicted molar refractivity (Wildman–Crippen MR) is 79.2 cm³/mol. The SMILES string of the molecule is CC1OCCC1(C)NC(=O)c1ccc2c(c1)CCCN2. The quantitative estimate of drug-likeness (QED) is 0.870. The average molecular weight is 274 g/mol. The number of ether oxygens (including phenoxy) is 1. The Kier molecular flexibility index (Phi) is 3.42. The maximum atomic E-state index is 12.5. The molecule has 108 valence electrons. The van der Waals surface area contributed by atoms with E-state index in [1.165, 1.54) is 5.56 Å². The standard InChI is InChI=1S/C16H22N2O2/c1-11-16(2,7-9-20-11)18-15(19)13-5-6-14-12(10-13)4-3-8-17-14/h5-6,10-11,17H,3-4,7-9H2,1-2H3,(H,18,19). The van der Waals surface area contributed by atoms with Crippen molar-refractivity contribution in [2.24, 2.45) is 0 Å². The van der Waals surface area contributed by atoms with E-state index in [4.69, 9.17) is 4.74 Å². The van der Waals surface area contributed by atoms with Crippen LogP contribution in [0, 0.1) is 0 Å². The molecule has 2 aliphatic heterocycles. The van der Waals surface area contributed by atoms with Gasteiger partial charge in [0, 0.05) is 24.4 Å². The molecule has 1 saturated heterocycles. The molecule has 0 bridgehead atoms. The highest BCUT2D eigenvalue weighted by Gasteiger charge is 2.38. The molecule has 0 aromatic heterocycles. The fraction of sp³-hybridized carbons (Fsp3) is 0.562. The van der Waals surface area contributed by atoms with E-state index in [1.807, 2.05) is 25.1 Å². The van der Waals surface area contributed by atoms with Crippen LogP contribution in [0.2, 0.25) is 0 Å². The van der Waals surface area contributed by atoms with Gasteiger partial charge < -0.3 is 15.4 Å². The third kappa shape index (κ3) is 2.40. The zero-order chi connectivity index (χ0) is 14.2. The first-order valence-electron chi connectivity index (χ1n) is 7.39. The van der Waals surface area contributed by atoms with Gasteiger partial charge in [0.05, 0.1) is 11.6 Å². The summed E-state index contributed by atoms with van der Waals surface area (Å²) in [6.07, 6.45) is 3.10. The highest BCUT2D eigenvalue weighted by Crippen LogP contribution is 2.27. The zero-order valence-electron chi connectivity index (χ0n) is 12.2. The van der Waals surface area contributed by atoms with E-state index in [2.05, 4.69) is 17.6 Å². The van der Waals surface area contributed by atoms with Gasteiger partial charge in [0.15, 0.2) is 0 Å². The van der Waals surface area contributed by atoms with Crippen LogP contribution < -0.4 is 10.6 Å². The van der Waals surface area contributed by atoms with Crippen molar-refractivity contribution in [3.8, 4) is 0 Å². The number of carbonyl (C=O) groups is 1. The van der Waals surface area contributed by atoms with E-state index in [9.17, 15) is 4.79 Å². The highest BCUT2D eigenvalue weighted by atomic mass is 16.5. The van der Waals surface area contributed by atoms with Crippen LogP contribution in [-0.2, 0) is 11.2 Å². The molecule has 1 amide bonds. The fourth-order valence-corrected chi connectivity index (χ4v) is 2.95. The number of aryl methyl sites for hydroxylation is 1. The summed E-state index contributed by atoms with van der Waals surface area (Å²) in [5.74, 6) is -0.00164. The molecular weight excluding hydrogens is 252 g/mol. The van der Waals surface area contributed by atoms with Crippen molar-refractivity contribution in [1.29, 1.82) is 0 Å². The first kappa shape index (κ1) is 13.4. The summed E-state index contributed by atoms with van der Waals surface area (Å²) in [5, 5.41) is 6.51. The van der Waals surface area contributed by atoms with Gasteiger partial charge in [-0.05, 0) is 56.9 Å². The first-order chi connectivity index (χ1) is 9.58. The second-order valence-electron chi connectivity index (χ2n) is 6.04. The van der Waals surface area contributed by atoms with Crippen LogP contribution in [0.3, 0.4) is 0 Å². The lowest BCUT2D eigenvalue weighted by Crippen LogP contribution is -2.50. The molecule has 20 heavy (non-hydrogen) atoms. The number of amides is 1. The lowest BCUT2D eigenvalue weighted by atomic mass is 9.93. The normalized spacial score (nSPS) is 28.6. The van der Waals surface area contributed by atoms with Gasteiger partial charge in [0.1, 0.15) is 0 Å². The molecular formula is C16H22N2O2. The molecule has 1 aromatic carbocycles. The number of benzene rings is 1. The lowest BCUT2D eigenvalue weighted by molar-refractivity contribution is 0.0727. The molecule has 2 heterocycles. The zero-order valence-corrected chi connectivity index (χ0v) is 12.2. The van der Waals surface area contributed by atoms with E-state index in [0.29, 0.717) is 6.61 Å². The second-order valence-corrected chi connectivity index (χ2v) is 6.04. The minimum absolute atomic E-state index is 0.00164. The molecule has 2 unspecified atom stereocenters. The van der Waals surface area contributed by atoms with Crippen molar-refractivity contribution < 1.29 is 9.53 Å². The van der Waals surface area contributed by atoms with Gasteiger partial charge in [-0.3, -0.25) is 4.79 Å². The molecule has 2 aliphatic rings. The molecule has 0 saturated carbocycles. The monoisotopic (exact) mass is 274 g/mol.